The minimum absolute atomic E-state index is 0.00954. The molecule has 2 aromatic carbocycles. The van der Waals surface area contributed by atoms with Crippen molar-refractivity contribution in [1.29, 1.82) is 0 Å². The second-order valence-electron chi connectivity index (χ2n) is 12.3. The highest BCUT2D eigenvalue weighted by molar-refractivity contribution is 5.96. The van der Waals surface area contributed by atoms with Crippen LogP contribution < -0.4 is 15.4 Å². The lowest BCUT2D eigenvalue weighted by Crippen LogP contribution is -2.44. The van der Waals surface area contributed by atoms with Gasteiger partial charge >= 0.3 is 0 Å². The Bertz CT molecular complexity index is 1780. The fourth-order valence-electron chi connectivity index (χ4n) is 6.19. The van der Waals surface area contributed by atoms with Gasteiger partial charge in [0.2, 0.25) is 5.88 Å². The fraction of sp³-hybridized carbons (Fsp3) is 0.361. The monoisotopic (exact) mass is 654 g/mol. The molecule has 11 nitrogen and oxygen atoms in total. The van der Waals surface area contributed by atoms with Gasteiger partial charge in [-0.3, -0.25) is 24.0 Å². The molecule has 12 heteroatoms. The molecule has 4 aromatic rings. The van der Waals surface area contributed by atoms with Crippen LogP contribution in [0.3, 0.4) is 0 Å². The number of halogens is 1. The number of aldehydes is 1. The number of nitrogens with zero attached hydrogens (tertiary/aromatic N) is 4. The minimum atomic E-state index is -0.652. The Morgan fingerprint density at radius 3 is 2.42 bits per heavy atom. The largest absolute Gasteiger partial charge is 0.438 e. The van der Waals surface area contributed by atoms with E-state index in [1.165, 1.54) is 0 Å². The molecule has 1 saturated carbocycles. The third kappa shape index (κ3) is 7.95. The van der Waals surface area contributed by atoms with E-state index in [4.69, 9.17) is 9.47 Å². The van der Waals surface area contributed by atoms with Crippen molar-refractivity contribution in [2.75, 3.05) is 26.3 Å². The molecule has 1 aliphatic carbocycles. The molecule has 6 rings (SSSR count). The summed E-state index contributed by atoms with van der Waals surface area (Å²) in [5.74, 6) is -0.934. The molecule has 0 radical (unpaired) electrons. The molecule has 2 N–H and O–H groups in total. The molecule has 2 aromatic heterocycles. The first-order chi connectivity index (χ1) is 23.2. The van der Waals surface area contributed by atoms with Crippen molar-refractivity contribution in [3.8, 4) is 22.8 Å². The summed E-state index contributed by atoms with van der Waals surface area (Å²) in [6.07, 6.45) is 4.52. The zero-order valence-corrected chi connectivity index (χ0v) is 27.1. The quantitative estimate of drug-likeness (QED) is 0.233. The van der Waals surface area contributed by atoms with Crippen molar-refractivity contribution in [2.45, 2.75) is 51.2 Å². The Labute approximate surface area is 278 Å². The van der Waals surface area contributed by atoms with Crippen LogP contribution in [0, 0.1) is 12.7 Å². The number of benzene rings is 2. The highest BCUT2D eigenvalue weighted by Crippen LogP contribution is 2.32. The van der Waals surface area contributed by atoms with Crippen LogP contribution in [0.4, 0.5) is 4.39 Å². The van der Waals surface area contributed by atoms with Crippen LogP contribution >= 0.6 is 0 Å². The van der Waals surface area contributed by atoms with Crippen LogP contribution in [-0.2, 0) is 18.3 Å². The molecule has 1 aliphatic heterocycles. The normalized spacial score (nSPS) is 18.2. The van der Waals surface area contributed by atoms with Gasteiger partial charge in [-0.1, -0.05) is 24.3 Å². The smallest absolute Gasteiger partial charge is 0.272 e. The van der Waals surface area contributed by atoms with Crippen molar-refractivity contribution in [1.82, 2.24) is 30.3 Å². The SMILES string of the molecule is Cc1cc(C(=O)N[C@H]2CC[C@H](NC(=O)c3cc(F)cnc3Oc3cccc(-c4ccc(C=O)cc4CN4CCOCC4)c3)CC2)nn1C. The number of hydrogen-bond acceptors (Lipinski definition) is 8. The van der Waals surface area contributed by atoms with Gasteiger partial charge < -0.3 is 20.1 Å². The van der Waals surface area contributed by atoms with Crippen molar-refractivity contribution >= 4 is 18.1 Å². The summed E-state index contributed by atoms with van der Waals surface area (Å²) in [7, 11) is 1.79. The Morgan fingerprint density at radius 2 is 1.73 bits per heavy atom. The lowest BCUT2D eigenvalue weighted by Gasteiger charge is -2.29. The van der Waals surface area contributed by atoms with E-state index in [1.807, 2.05) is 37.3 Å². The first kappa shape index (κ1) is 33.0. The van der Waals surface area contributed by atoms with Crippen LogP contribution in [0.1, 0.15) is 68.1 Å². The number of morpholine rings is 1. The van der Waals surface area contributed by atoms with Crippen LogP contribution in [0.2, 0.25) is 0 Å². The van der Waals surface area contributed by atoms with Crippen molar-refractivity contribution in [2.24, 2.45) is 7.05 Å². The predicted molar refractivity (Wildman–Crippen MR) is 177 cm³/mol. The topological polar surface area (TPSA) is 128 Å². The number of rotatable bonds is 10. The van der Waals surface area contributed by atoms with Gasteiger partial charge in [-0.15, -0.1) is 0 Å². The molecule has 2 aliphatic rings. The third-order valence-corrected chi connectivity index (χ3v) is 8.93. The van der Waals surface area contributed by atoms with Crippen LogP contribution in [0.15, 0.2) is 60.8 Å². The molecule has 250 valence electrons. The van der Waals surface area contributed by atoms with E-state index in [2.05, 4.69) is 25.6 Å². The first-order valence-corrected chi connectivity index (χ1v) is 16.2. The van der Waals surface area contributed by atoms with Crippen molar-refractivity contribution in [3.63, 3.8) is 0 Å². The van der Waals surface area contributed by atoms with E-state index in [0.29, 0.717) is 62.4 Å². The maximum absolute atomic E-state index is 14.4. The number of pyridine rings is 1. The lowest BCUT2D eigenvalue weighted by atomic mass is 9.91. The van der Waals surface area contributed by atoms with Gasteiger partial charge in [-0.2, -0.15) is 5.10 Å². The Balaban J connectivity index is 1.12. The molecule has 2 fully saturated rings. The van der Waals surface area contributed by atoms with Gasteiger partial charge in [-0.25, -0.2) is 9.37 Å². The summed E-state index contributed by atoms with van der Waals surface area (Å²) in [5.41, 5.74) is 4.68. The molecular formula is C36H39FN6O5. The summed E-state index contributed by atoms with van der Waals surface area (Å²) in [4.78, 5) is 44.0. The van der Waals surface area contributed by atoms with Gasteiger partial charge in [-0.05, 0) is 79.6 Å². The number of hydrogen-bond donors (Lipinski definition) is 2. The third-order valence-electron chi connectivity index (χ3n) is 8.93. The van der Waals surface area contributed by atoms with E-state index in [-0.39, 0.29) is 29.4 Å². The van der Waals surface area contributed by atoms with Gasteiger partial charge in [0, 0.05) is 50.0 Å². The van der Waals surface area contributed by atoms with Crippen LogP contribution in [0.5, 0.6) is 11.6 Å². The average molecular weight is 655 g/mol. The Morgan fingerprint density at radius 1 is 1.00 bits per heavy atom. The van der Waals surface area contributed by atoms with Gasteiger partial charge in [0.1, 0.15) is 29.1 Å². The highest BCUT2D eigenvalue weighted by Gasteiger charge is 2.27. The predicted octanol–water partition coefficient (Wildman–Crippen LogP) is 4.84. The maximum atomic E-state index is 14.4. The molecule has 0 bridgehead atoms. The molecule has 0 atom stereocenters. The summed E-state index contributed by atoms with van der Waals surface area (Å²) >= 11 is 0. The van der Waals surface area contributed by atoms with E-state index >= 15 is 0 Å². The standard InChI is InChI=1S/C36H39FN6O5/c1-23-16-33(41-42(23)2)35(46)40-29-9-7-28(8-10-29)39-34(45)32-19-27(37)20-38-36(32)48-30-5-3-4-25(18-30)31-11-6-24(22-44)17-26(31)21-43-12-14-47-15-13-43/h3-6,11,16-20,22,28-29H,7-10,12-15,21H2,1-2H3,(H,39,45)(H,40,46)/t28-,29-. The summed E-state index contributed by atoms with van der Waals surface area (Å²) < 4.78 is 27.6. The molecule has 3 heterocycles. The average Bonchev–Trinajstić information content (AvgIpc) is 3.44. The van der Waals surface area contributed by atoms with E-state index in [0.717, 1.165) is 54.0 Å². The number of ether oxygens (including phenoxy) is 2. The van der Waals surface area contributed by atoms with Crippen molar-refractivity contribution < 1.29 is 28.2 Å². The second kappa shape index (κ2) is 14.9. The Kier molecular flexibility index (Phi) is 10.2. The fourth-order valence-corrected chi connectivity index (χ4v) is 6.19. The summed E-state index contributed by atoms with van der Waals surface area (Å²) in [6.45, 7) is 5.49. The highest BCUT2D eigenvalue weighted by atomic mass is 19.1. The number of nitrogens with one attached hydrogen (secondary N) is 2. The molecule has 0 spiro atoms. The number of carbonyl (C=O) groups is 3. The van der Waals surface area contributed by atoms with E-state index < -0.39 is 11.7 Å². The van der Waals surface area contributed by atoms with Gasteiger partial charge in [0.25, 0.3) is 11.8 Å². The van der Waals surface area contributed by atoms with E-state index in [9.17, 15) is 18.8 Å². The summed E-state index contributed by atoms with van der Waals surface area (Å²) in [5, 5.41) is 10.3. The number of amides is 2. The zero-order valence-electron chi connectivity index (χ0n) is 27.1. The molecule has 48 heavy (non-hydrogen) atoms. The lowest BCUT2D eigenvalue weighted by molar-refractivity contribution is 0.0342. The second-order valence-corrected chi connectivity index (χ2v) is 12.3. The zero-order chi connectivity index (χ0) is 33.6. The maximum Gasteiger partial charge on any atom is 0.272 e. The number of aryl methyl sites for hydroxylation is 2. The molecule has 0 unspecified atom stereocenters. The minimum Gasteiger partial charge on any atom is -0.438 e. The number of carbonyl (C=O) groups excluding carboxylic acids is 3. The first-order valence-electron chi connectivity index (χ1n) is 16.2. The van der Waals surface area contributed by atoms with Gasteiger partial charge in [0.05, 0.1) is 19.4 Å². The van der Waals surface area contributed by atoms with Crippen LogP contribution in [0.25, 0.3) is 11.1 Å². The summed E-state index contributed by atoms with van der Waals surface area (Å²) in [6, 6.07) is 15.7. The molecular weight excluding hydrogens is 615 g/mol. The van der Waals surface area contributed by atoms with Gasteiger partial charge in [0.15, 0.2) is 0 Å². The van der Waals surface area contributed by atoms with E-state index in [1.54, 1.807) is 29.9 Å². The number of aromatic nitrogens is 3. The molecule has 2 amide bonds. The van der Waals surface area contributed by atoms with Crippen LogP contribution in [-0.4, -0.2) is 76.2 Å². The molecule has 1 saturated heterocycles. The van der Waals surface area contributed by atoms with Crippen molar-refractivity contribution in [3.05, 3.63) is 94.7 Å². The Hall–Kier alpha value is -4.94.